The molecule has 122 valence electrons. The lowest BCUT2D eigenvalue weighted by atomic mass is 10.3. The number of rotatable bonds is 5. The molecule has 0 unspecified atom stereocenters. The number of carbonyl (C=O) groups excluding carboxylic acids is 1. The highest BCUT2D eigenvalue weighted by atomic mass is 35.5. The summed E-state index contributed by atoms with van der Waals surface area (Å²) >= 11 is 18.1. The molecule has 0 bridgehead atoms. The molecule has 0 fully saturated rings. The van der Waals surface area contributed by atoms with Crippen molar-refractivity contribution in [2.75, 3.05) is 5.32 Å². The van der Waals surface area contributed by atoms with E-state index in [0.29, 0.717) is 38.8 Å². The maximum absolute atomic E-state index is 10.5. The highest BCUT2D eigenvalue weighted by molar-refractivity contribution is 6.36. The quantitative estimate of drug-likeness (QED) is 0.618. The van der Waals surface area contributed by atoms with Crippen LogP contribution in [0.15, 0.2) is 48.7 Å². The third kappa shape index (κ3) is 3.64. The number of halogens is 3. The van der Waals surface area contributed by atoms with E-state index in [1.807, 2.05) is 12.1 Å². The van der Waals surface area contributed by atoms with Crippen LogP contribution in [0, 0.1) is 0 Å². The van der Waals surface area contributed by atoms with Crippen LogP contribution >= 0.6 is 34.8 Å². The number of ether oxygens (including phenoxy) is 1. The van der Waals surface area contributed by atoms with Crippen molar-refractivity contribution in [3.8, 4) is 17.3 Å². The first-order chi connectivity index (χ1) is 11.6. The summed E-state index contributed by atoms with van der Waals surface area (Å²) in [6, 6.07) is 11.9. The number of carbonyl (C=O) groups is 1. The SMILES string of the molecule is O=CNc1cc(Cl)c(Oc2ccn(-c3ccc(Cl)cc3)n2)cc1Cl. The van der Waals surface area contributed by atoms with Crippen LogP contribution < -0.4 is 10.1 Å². The molecule has 0 radical (unpaired) electrons. The largest absolute Gasteiger partial charge is 0.436 e. The lowest BCUT2D eigenvalue weighted by Gasteiger charge is -2.08. The van der Waals surface area contributed by atoms with Gasteiger partial charge in [0, 0.05) is 23.4 Å². The Balaban J connectivity index is 1.83. The van der Waals surface area contributed by atoms with Crippen LogP contribution in [0.25, 0.3) is 5.69 Å². The molecule has 0 aliphatic rings. The van der Waals surface area contributed by atoms with E-state index in [1.165, 1.54) is 12.1 Å². The lowest BCUT2D eigenvalue weighted by Crippen LogP contribution is -1.97. The van der Waals surface area contributed by atoms with Crippen molar-refractivity contribution in [1.29, 1.82) is 0 Å². The van der Waals surface area contributed by atoms with E-state index >= 15 is 0 Å². The molecule has 0 saturated carbocycles. The van der Waals surface area contributed by atoms with Gasteiger partial charge in [-0.1, -0.05) is 34.8 Å². The van der Waals surface area contributed by atoms with Crippen LogP contribution in [0.5, 0.6) is 11.6 Å². The summed E-state index contributed by atoms with van der Waals surface area (Å²) < 4.78 is 7.30. The minimum atomic E-state index is 0.296. The van der Waals surface area contributed by atoms with E-state index in [2.05, 4.69) is 10.4 Å². The zero-order valence-corrected chi connectivity index (χ0v) is 14.3. The molecule has 0 aliphatic carbocycles. The van der Waals surface area contributed by atoms with Crippen LogP contribution in [0.1, 0.15) is 0 Å². The normalized spacial score (nSPS) is 10.5. The topological polar surface area (TPSA) is 56.1 Å². The van der Waals surface area contributed by atoms with E-state index in [0.717, 1.165) is 5.69 Å². The first kappa shape index (κ1) is 16.6. The second kappa shape index (κ2) is 7.13. The molecule has 2 aromatic carbocycles. The summed E-state index contributed by atoms with van der Waals surface area (Å²) in [6.45, 7) is 0. The summed E-state index contributed by atoms with van der Waals surface area (Å²) in [5.41, 5.74) is 1.24. The Morgan fingerprint density at radius 2 is 1.79 bits per heavy atom. The molecule has 8 heteroatoms. The molecule has 1 amide bonds. The molecule has 3 aromatic rings. The zero-order valence-electron chi connectivity index (χ0n) is 12.0. The maximum Gasteiger partial charge on any atom is 0.238 e. The molecule has 0 spiro atoms. The fraction of sp³-hybridized carbons (Fsp3) is 0. The molecule has 0 atom stereocenters. The van der Waals surface area contributed by atoms with Gasteiger partial charge in [0.05, 0.1) is 21.4 Å². The molecule has 5 nitrogen and oxygen atoms in total. The average Bonchev–Trinajstić information content (AvgIpc) is 3.01. The molecule has 0 saturated heterocycles. The Bertz CT molecular complexity index is 879. The maximum atomic E-state index is 10.5. The van der Waals surface area contributed by atoms with Crippen LogP contribution in [0.4, 0.5) is 5.69 Å². The number of benzene rings is 2. The van der Waals surface area contributed by atoms with Gasteiger partial charge >= 0.3 is 0 Å². The summed E-state index contributed by atoms with van der Waals surface area (Å²) in [6.07, 6.45) is 2.27. The highest BCUT2D eigenvalue weighted by Gasteiger charge is 2.11. The molecule has 1 aromatic heterocycles. The Morgan fingerprint density at radius 1 is 1.04 bits per heavy atom. The Hall–Kier alpha value is -2.21. The zero-order chi connectivity index (χ0) is 17.1. The predicted molar refractivity (Wildman–Crippen MR) is 94.8 cm³/mol. The number of nitrogens with zero attached hydrogens (tertiary/aromatic N) is 2. The number of aromatic nitrogens is 2. The van der Waals surface area contributed by atoms with Crippen LogP contribution in [0.2, 0.25) is 15.1 Å². The first-order valence-corrected chi connectivity index (χ1v) is 7.89. The minimum Gasteiger partial charge on any atom is -0.436 e. The first-order valence-electron chi connectivity index (χ1n) is 6.75. The van der Waals surface area contributed by atoms with Gasteiger partial charge in [-0.2, -0.15) is 0 Å². The van der Waals surface area contributed by atoms with Gasteiger partial charge in [0.1, 0.15) is 5.75 Å². The Morgan fingerprint density at radius 3 is 2.50 bits per heavy atom. The Labute approximate surface area is 152 Å². The van der Waals surface area contributed by atoms with Crippen molar-refractivity contribution < 1.29 is 9.53 Å². The van der Waals surface area contributed by atoms with Crippen molar-refractivity contribution in [1.82, 2.24) is 9.78 Å². The molecular weight excluding hydrogens is 373 g/mol. The van der Waals surface area contributed by atoms with E-state index < -0.39 is 0 Å². The van der Waals surface area contributed by atoms with Crippen LogP contribution in [-0.2, 0) is 4.79 Å². The molecule has 1 N–H and O–H groups in total. The van der Waals surface area contributed by atoms with Gasteiger partial charge in [-0.05, 0) is 30.3 Å². The van der Waals surface area contributed by atoms with Gasteiger partial charge in [-0.25, -0.2) is 4.68 Å². The summed E-state index contributed by atoms with van der Waals surface area (Å²) in [4.78, 5) is 10.5. The van der Waals surface area contributed by atoms with Gasteiger partial charge in [-0.3, -0.25) is 4.79 Å². The number of hydrogen-bond acceptors (Lipinski definition) is 3. The predicted octanol–water partition coefficient (Wildman–Crippen LogP) is 5.19. The molecule has 3 rings (SSSR count). The lowest BCUT2D eigenvalue weighted by molar-refractivity contribution is -0.105. The van der Waals surface area contributed by atoms with Gasteiger partial charge < -0.3 is 10.1 Å². The fourth-order valence-electron chi connectivity index (χ4n) is 1.99. The second-order valence-corrected chi connectivity index (χ2v) is 5.95. The highest BCUT2D eigenvalue weighted by Crippen LogP contribution is 2.36. The molecule has 24 heavy (non-hydrogen) atoms. The number of nitrogens with one attached hydrogen (secondary N) is 1. The van der Waals surface area contributed by atoms with E-state index in [4.69, 9.17) is 39.5 Å². The summed E-state index contributed by atoms with van der Waals surface area (Å²) in [5.74, 6) is 0.679. The van der Waals surface area contributed by atoms with E-state index in [1.54, 1.807) is 29.1 Å². The van der Waals surface area contributed by atoms with Gasteiger partial charge in [0.15, 0.2) is 0 Å². The van der Waals surface area contributed by atoms with Gasteiger partial charge in [-0.15, -0.1) is 5.10 Å². The van der Waals surface area contributed by atoms with Crippen molar-refractivity contribution in [3.63, 3.8) is 0 Å². The third-order valence-electron chi connectivity index (χ3n) is 3.11. The number of hydrogen-bond donors (Lipinski definition) is 1. The fourth-order valence-corrected chi connectivity index (χ4v) is 2.53. The molecular formula is C16H10Cl3N3O2. The van der Waals surface area contributed by atoms with Crippen molar-refractivity contribution >= 4 is 46.9 Å². The average molecular weight is 383 g/mol. The van der Waals surface area contributed by atoms with E-state index in [9.17, 15) is 4.79 Å². The minimum absolute atomic E-state index is 0.296. The smallest absolute Gasteiger partial charge is 0.238 e. The van der Waals surface area contributed by atoms with Crippen molar-refractivity contribution in [2.24, 2.45) is 0 Å². The van der Waals surface area contributed by atoms with Gasteiger partial charge in [0.25, 0.3) is 0 Å². The Kier molecular flexibility index (Phi) is 4.94. The third-order valence-corrected chi connectivity index (χ3v) is 3.97. The van der Waals surface area contributed by atoms with Crippen LogP contribution in [0.3, 0.4) is 0 Å². The summed E-state index contributed by atoms with van der Waals surface area (Å²) in [7, 11) is 0. The monoisotopic (exact) mass is 381 g/mol. The standard InChI is InChI=1S/C16H10Cl3N3O2/c17-10-1-3-11(4-2-10)22-6-5-16(21-22)24-15-8-12(18)14(20-9-23)7-13(15)19/h1-9H,(H,20,23). The molecule has 0 aliphatic heterocycles. The number of amides is 1. The second-order valence-electron chi connectivity index (χ2n) is 4.70. The van der Waals surface area contributed by atoms with Crippen molar-refractivity contribution in [3.05, 3.63) is 63.7 Å². The number of anilines is 1. The summed E-state index contributed by atoms with van der Waals surface area (Å²) in [5, 5.41) is 8.01. The van der Waals surface area contributed by atoms with Crippen molar-refractivity contribution in [2.45, 2.75) is 0 Å². The van der Waals surface area contributed by atoms with Crippen LogP contribution in [-0.4, -0.2) is 16.2 Å². The van der Waals surface area contributed by atoms with Gasteiger partial charge in [0.2, 0.25) is 12.3 Å². The molecule has 1 heterocycles. The van der Waals surface area contributed by atoms with E-state index in [-0.39, 0.29) is 0 Å².